The standard InChI is InChI=1S/C28H34N2O5S/c1-36-28-25(30-24(31)13-14-29)27(34-17-20-11-12-21-9-5-6-10-22(21)15-20)26(32)23(35-28)18-33-16-19-7-3-2-4-8-19/h2-12,15,23,25-28,32H,13-14,16-18,29H2,1H3,(H,30,31)/t23-,25-,26-,27+,28+/m1/s1. The van der Waals surface area contributed by atoms with Crippen LogP contribution in [0.2, 0.25) is 0 Å². The molecule has 1 aliphatic rings. The van der Waals surface area contributed by atoms with E-state index in [1.165, 1.54) is 11.8 Å². The third-order valence-electron chi connectivity index (χ3n) is 6.25. The van der Waals surface area contributed by atoms with Gasteiger partial charge in [-0.25, -0.2) is 0 Å². The highest BCUT2D eigenvalue weighted by atomic mass is 32.2. The highest BCUT2D eigenvalue weighted by molar-refractivity contribution is 7.99. The van der Waals surface area contributed by atoms with Crippen molar-refractivity contribution in [1.29, 1.82) is 0 Å². The highest BCUT2D eigenvalue weighted by Crippen LogP contribution is 2.30. The van der Waals surface area contributed by atoms with Crippen LogP contribution in [0.4, 0.5) is 0 Å². The Morgan fingerprint density at radius 3 is 2.53 bits per heavy atom. The first-order chi connectivity index (χ1) is 17.6. The molecule has 0 unspecified atom stereocenters. The van der Waals surface area contributed by atoms with Gasteiger partial charge in [-0.15, -0.1) is 11.8 Å². The van der Waals surface area contributed by atoms with Crippen LogP contribution in [0.5, 0.6) is 0 Å². The number of aliphatic hydroxyl groups excluding tert-OH is 1. The van der Waals surface area contributed by atoms with Crippen LogP contribution in [0.25, 0.3) is 10.8 Å². The van der Waals surface area contributed by atoms with Crippen molar-refractivity contribution >= 4 is 28.4 Å². The van der Waals surface area contributed by atoms with E-state index in [2.05, 4.69) is 29.6 Å². The molecule has 0 radical (unpaired) electrons. The number of carbonyl (C=O) groups is 1. The predicted octanol–water partition coefficient (Wildman–Crippen LogP) is 3.22. The number of rotatable bonds is 11. The van der Waals surface area contributed by atoms with Crippen LogP contribution in [0.3, 0.4) is 0 Å². The lowest BCUT2D eigenvalue weighted by atomic mass is 9.97. The Labute approximate surface area is 216 Å². The van der Waals surface area contributed by atoms with Gasteiger partial charge in [-0.3, -0.25) is 4.79 Å². The van der Waals surface area contributed by atoms with Gasteiger partial charge in [0.25, 0.3) is 0 Å². The number of hydrogen-bond acceptors (Lipinski definition) is 7. The zero-order valence-corrected chi connectivity index (χ0v) is 21.2. The molecule has 0 saturated carbocycles. The summed E-state index contributed by atoms with van der Waals surface area (Å²) < 4.78 is 18.4. The number of thioether (sulfide) groups is 1. The Hall–Kier alpha value is -2.46. The quantitative estimate of drug-likeness (QED) is 0.364. The molecule has 4 rings (SSSR count). The normalized spacial score (nSPS) is 24.0. The van der Waals surface area contributed by atoms with Gasteiger partial charge in [0.05, 0.1) is 25.9 Å². The summed E-state index contributed by atoms with van der Waals surface area (Å²) in [6, 6.07) is 23.6. The molecule has 3 aromatic rings. The summed E-state index contributed by atoms with van der Waals surface area (Å²) in [7, 11) is 0. The Morgan fingerprint density at radius 2 is 1.78 bits per heavy atom. The third-order valence-corrected chi connectivity index (χ3v) is 7.12. The second-order valence-electron chi connectivity index (χ2n) is 8.86. The Bertz CT molecular complexity index is 1120. The van der Waals surface area contributed by atoms with Crippen molar-refractivity contribution in [3.63, 3.8) is 0 Å². The van der Waals surface area contributed by atoms with Crippen molar-refractivity contribution < 1.29 is 24.1 Å². The fourth-order valence-corrected chi connectivity index (χ4v) is 5.16. The first kappa shape index (κ1) is 26.6. The summed E-state index contributed by atoms with van der Waals surface area (Å²) in [6.07, 6.45) is -0.181. The summed E-state index contributed by atoms with van der Waals surface area (Å²) in [5.41, 5.74) is 7.18. The first-order valence-corrected chi connectivity index (χ1v) is 13.4. The Kier molecular flexibility index (Phi) is 9.75. The van der Waals surface area contributed by atoms with Crippen LogP contribution < -0.4 is 11.1 Å². The molecule has 36 heavy (non-hydrogen) atoms. The van der Waals surface area contributed by atoms with E-state index in [9.17, 15) is 9.90 Å². The maximum Gasteiger partial charge on any atom is 0.221 e. The maximum atomic E-state index is 12.4. The number of hydrogen-bond donors (Lipinski definition) is 3. The topological polar surface area (TPSA) is 103 Å². The molecule has 3 aromatic carbocycles. The molecule has 8 heteroatoms. The zero-order valence-electron chi connectivity index (χ0n) is 20.4. The molecule has 7 nitrogen and oxygen atoms in total. The van der Waals surface area contributed by atoms with Crippen LogP contribution in [-0.2, 0) is 32.2 Å². The number of carbonyl (C=O) groups excluding carboxylic acids is 1. The molecule has 1 aliphatic heterocycles. The lowest BCUT2D eigenvalue weighted by Gasteiger charge is -2.44. The van der Waals surface area contributed by atoms with E-state index in [1.54, 1.807) is 0 Å². The molecule has 192 valence electrons. The predicted molar refractivity (Wildman–Crippen MR) is 142 cm³/mol. The molecular weight excluding hydrogens is 476 g/mol. The average Bonchev–Trinajstić information content (AvgIpc) is 2.90. The second kappa shape index (κ2) is 13.2. The van der Waals surface area contributed by atoms with Crippen LogP contribution >= 0.6 is 11.8 Å². The fourth-order valence-electron chi connectivity index (χ4n) is 4.39. The van der Waals surface area contributed by atoms with E-state index in [1.807, 2.05) is 54.8 Å². The van der Waals surface area contributed by atoms with Crippen molar-refractivity contribution in [2.75, 3.05) is 19.4 Å². The largest absolute Gasteiger partial charge is 0.388 e. The van der Waals surface area contributed by atoms with Gasteiger partial charge >= 0.3 is 0 Å². The fraction of sp³-hybridized carbons (Fsp3) is 0.393. The van der Waals surface area contributed by atoms with E-state index in [-0.39, 0.29) is 32.1 Å². The number of aliphatic hydroxyl groups is 1. The van der Waals surface area contributed by atoms with E-state index >= 15 is 0 Å². The summed E-state index contributed by atoms with van der Waals surface area (Å²) in [4.78, 5) is 12.4. The van der Waals surface area contributed by atoms with Crippen molar-refractivity contribution in [2.24, 2.45) is 5.73 Å². The van der Waals surface area contributed by atoms with Gasteiger partial charge in [-0.05, 0) is 34.2 Å². The summed E-state index contributed by atoms with van der Waals surface area (Å²) in [6.45, 7) is 1.14. The minimum absolute atomic E-state index is 0.189. The Balaban J connectivity index is 1.48. The molecule has 0 aromatic heterocycles. The summed E-state index contributed by atoms with van der Waals surface area (Å²) >= 11 is 1.46. The zero-order chi connectivity index (χ0) is 25.3. The van der Waals surface area contributed by atoms with E-state index < -0.39 is 29.8 Å². The number of fused-ring (bicyclic) bond motifs is 1. The van der Waals surface area contributed by atoms with Crippen molar-refractivity contribution in [3.8, 4) is 0 Å². The van der Waals surface area contributed by atoms with Gasteiger partial charge in [0.2, 0.25) is 5.91 Å². The molecule has 1 saturated heterocycles. The van der Waals surface area contributed by atoms with Crippen LogP contribution in [0.1, 0.15) is 17.5 Å². The molecule has 0 spiro atoms. The number of nitrogens with two attached hydrogens (primary N) is 1. The summed E-state index contributed by atoms with van der Waals surface area (Å²) in [5, 5.41) is 16.5. The average molecular weight is 511 g/mol. The lowest BCUT2D eigenvalue weighted by molar-refractivity contribution is -0.196. The molecule has 1 heterocycles. The van der Waals surface area contributed by atoms with Gasteiger partial charge in [0.15, 0.2) is 0 Å². The molecule has 0 aliphatic carbocycles. The smallest absolute Gasteiger partial charge is 0.221 e. The number of amides is 1. The SMILES string of the molecule is CS[C@@H]1O[C@H](COCc2ccccc2)[C@@H](O)[C@@H](OCc2ccc3ccccc3c2)[C@H]1NC(=O)CCN. The molecule has 0 bridgehead atoms. The summed E-state index contributed by atoms with van der Waals surface area (Å²) in [5.74, 6) is -0.199. The van der Waals surface area contributed by atoms with Crippen molar-refractivity contribution in [3.05, 3.63) is 83.9 Å². The Morgan fingerprint density at radius 1 is 1.03 bits per heavy atom. The number of benzene rings is 3. The van der Waals surface area contributed by atoms with Gasteiger partial charge in [-0.2, -0.15) is 0 Å². The van der Waals surface area contributed by atoms with Crippen molar-refractivity contribution in [1.82, 2.24) is 5.32 Å². The van der Waals surface area contributed by atoms with E-state index in [0.717, 1.165) is 21.9 Å². The molecule has 1 fully saturated rings. The second-order valence-corrected chi connectivity index (χ2v) is 9.80. The number of nitrogens with one attached hydrogen (secondary N) is 1. The van der Waals surface area contributed by atoms with Gasteiger partial charge < -0.3 is 30.4 Å². The van der Waals surface area contributed by atoms with Gasteiger partial charge in [-0.1, -0.05) is 66.7 Å². The lowest BCUT2D eigenvalue weighted by Crippen LogP contribution is -2.64. The molecule has 1 amide bonds. The minimum Gasteiger partial charge on any atom is -0.388 e. The maximum absolute atomic E-state index is 12.4. The van der Waals surface area contributed by atoms with Crippen molar-refractivity contribution in [2.45, 2.75) is 49.4 Å². The third kappa shape index (κ3) is 6.85. The molecule has 4 N–H and O–H groups in total. The molecule has 5 atom stereocenters. The molecular formula is C28H34N2O5S. The van der Waals surface area contributed by atoms with Crippen LogP contribution in [0, 0.1) is 0 Å². The van der Waals surface area contributed by atoms with Gasteiger partial charge in [0.1, 0.15) is 23.7 Å². The van der Waals surface area contributed by atoms with Crippen LogP contribution in [0.15, 0.2) is 72.8 Å². The van der Waals surface area contributed by atoms with E-state index in [0.29, 0.717) is 6.61 Å². The first-order valence-electron chi connectivity index (χ1n) is 12.2. The number of ether oxygens (including phenoxy) is 3. The van der Waals surface area contributed by atoms with Gasteiger partial charge in [0, 0.05) is 13.0 Å². The monoisotopic (exact) mass is 510 g/mol. The minimum atomic E-state index is -0.993. The van der Waals surface area contributed by atoms with E-state index in [4.69, 9.17) is 19.9 Å². The van der Waals surface area contributed by atoms with Crippen LogP contribution in [-0.4, -0.2) is 60.2 Å². The highest BCUT2D eigenvalue weighted by Gasteiger charge is 2.46.